The molecule has 0 aromatic rings. The van der Waals surface area contributed by atoms with Crippen molar-refractivity contribution >= 4 is 5.97 Å². The zero-order valence-electron chi connectivity index (χ0n) is 17.8. The standard InChI is InChI=1S/C22H42O2/c1-16(2)20(23)24-19(13-18(4)15-22(8,9)10)12-11-17(3)14-21(5,6)7/h17-19H,1,11-15H2,2-10H3. The van der Waals surface area contributed by atoms with Gasteiger partial charge in [-0.2, -0.15) is 0 Å². The van der Waals surface area contributed by atoms with Gasteiger partial charge in [0.1, 0.15) is 6.10 Å². The van der Waals surface area contributed by atoms with Crippen LogP contribution in [0.25, 0.3) is 0 Å². The fourth-order valence-corrected chi connectivity index (χ4v) is 3.67. The van der Waals surface area contributed by atoms with Crippen molar-refractivity contribution in [2.24, 2.45) is 22.7 Å². The first-order chi connectivity index (χ1) is 10.7. The smallest absolute Gasteiger partial charge is 0.333 e. The lowest BCUT2D eigenvalue weighted by atomic mass is 9.81. The van der Waals surface area contributed by atoms with Gasteiger partial charge in [0, 0.05) is 5.57 Å². The highest BCUT2D eigenvalue weighted by molar-refractivity contribution is 5.87. The minimum absolute atomic E-state index is 0.00830. The molecule has 0 aliphatic rings. The van der Waals surface area contributed by atoms with E-state index in [0.717, 1.165) is 25.7 Å². The van der Waals surface area contributed by atoms with Gasteiger partial charge in [-0.3, -0.25) is 0 Å². The number of hydrogen-bond donors (Lipinski definition) is 0. The van der Waals surface area contributed by atoms with Crippen LogP contribution in [0.5, 0.6) is 0 Å². The van der Waals surface area contributed by atoms with Crippen LogP contribution in [-0.4, -0.2) is 12.1 Å². The van der Waals surface area contributed by atoms with Crippen LogP contribution in [0.2, 0.25) is 0 Å². The Morgan fingerprint density at radius 1 is 0.917 bits per heavy atom. The summed E-state index contributed by atoms with van der Waals surface area (Å²) in [6.07, 6.45) is 5.35. The molecular weight excluding hydrogens is 296 g/mol. The van der Waals surface area contributed by atoms with E-state index in [9.17, 15) is 4.79 Å². The van der Waals surface area contributed by atoms with Crippen LogP contribution in [0.4, 0.5) is 0 Å². The van der Waals surface area contributed by atoms with Crippen molar-refractivity contribution in [1.29, 1.82) is 0 Å². The highest BCUT2D eigenvalue weighted by Crippen LogP contribution is 2.31. The van der Waals surface area contributed by atoms with E-state index in [1.54, 1.807) is 6.92 Å². The SMILES string of the molecule is C=C(C)C(=O)OC(CCC(C)CC(C)(C)C)CC(C)CC(C)(C)C. The van der Waals surface area contributed by atoms with E-state index < -0.39 is 0 Å². The van der Waals surface area contributed by atoms with Gasteiger partial charge >= 0.3 is 5.97 Å². The monoisotopic (exact) mass is 338 g/mol. The molecule has 0 aromatic heterocycles. The molecule has 0 radical (unpaired) electrons. The Kier molecular flexibility index (Phi) is 9.31. The third-order valence-corrected chi connectivity index (χ3v) is 4.19. The van der Waals surface area contributed by atoms with Crippen molar-refractivity contribution in [2.75, 3.05) is 0 Å². The molecule has 0 aromatic carbocycles. The maximum atomic E-state index is 12.0. The van der Waals surface area contributed by atoms with E-state index in [1.807, 2.05) is 0 Å². The van der Waals surface area contributed by atoms with Crippen molar-refractivity contribution in [3.63, 3.8) is 0 Å². The second-order valence-electron chi connectivity index (χ2n) is 10.4. The van der Waals surface area contributed by atoms with Gasteiger partial charge in [0.05, 0.1) is 0 Å². The lowest BCUT2D eigenvalue weighted by molar-refractivity contribution is -0.145. The largest absolute Gasteiger partial charge is 0.459 e. The number of hydrogen-bond acceptors (Lipinski definition) is 2. The summed E-state index contributed by atoms with van der Waals surface area (Å²) in [5.41, 5.74) is 1.15. The van der Waals surface area contributed by atoms with Crippen molar-refractivity contribution < 1.29 is 9.53 Å². The molecule has 0 fully saturated rings. The zero-order chi connectivity index (χ0) is 19.1. The van der Waals surface area contributed by atoms with Gasteiger partial charge in [-0.1, -0.05) is 62.0 Å². The molecule has 0 saturated carbocycles. The van der Waals surface area contributed by atoms with Crippen LogP contribution >= 0.6 is 0 Å². The Balaban J connectivity index is 4.69. The number of rotatable bonds is 9. The van der Waals surface area contributed by atoms with E-state index in [1.165, 1.54) is 6.42 Å². The first-order valence-corrected chi connectivity index (χ1v) is 9.56. The first kappa shape index (κ1) is 23.2. The van der Waals surface area contributed by atoms with Gasteiger partial charge in [0.25, 0.3) is 0 Å². The molecule has 0 spiro atoms. The van der Waals surface area contributed by atoms with Gasteiger partial charge in [0.15, 0.2) is 0 Å². The molecule has 0 heterocycles. The Labute approximate surface area is 151 Å². The Bertz CT molecular complexity index is 395. The molecule has 2 heteroatoms. The minimum atomic E-state index is -0.244. The molecule has 0 aliphatic carbocycles. The lowest BCUT2D eigenvalue weighted by Gasteiger charge is -2.28. The minimum Gasteiger partial charge on any atom is -0.459 e. The van der Waals surface area contributed by atoms with E-state index >= 15 is 0 Å². The van der Waals surface area contributed by atoms with Gasteiger partial charge in [0.2, 0.25) is 0 Å². The second kappa shape index (κ2) is 9.63. The molecule has 0 N–H and O–H groups in total. The van der Waals surface area contributed by atoms with E-state index in [0.29, 0.717) is 28.2 Å². The average molecular weight is 339 g/mol. The molecule has 0 saturated heterocycles. The van der Waals surface area contributed by atoms with Gasteiger partial charge in [-0.15, -0.1) is 0 Å². The molecule has 142 valence electrons. The van der Waals surface area contributed by atoms with Crippen LogP contribution in [0.1, 0.15) is 94.4 Å². The van der Waals surface area contributed by atoms with Crippen molar-refractivity contribution in [3.8, 4) is 0 Å². The maximum Gasteiger partial charge on any atom is 0.333 e. The highest BCUT2D eigenvalue weighted by atomic mass is 16.5. The third-order valence-electron chi connectivity index (χ3n) is 4.19. The second-order valence-corrected chi connectivity index (χ2v) is 10.4. The zero-order valence-corrected chi connectivity index (χ0v) is 17.8. The molecule has 0 bridgehead atoms. The normalized spacial score (nSPS) is 16.4. The number of carbonyl (C=O) groups is 1. The van der Waals surface area contributed by atoms with Crippen molar-refractivity contribution in [1.82, 2.24) is 0 Å². The van der Waals surface area contributed by atoms with Gasteiger partial charge in [-0.05, 0) is 61.7 Å². The van der Waals surface area contributed by atoms with E-state index in [2.05, 4.69) is 62.0 Å². The quantitative estimate of drug-likeness (QED) is 0.342. The Morgan fingerprint density at radius 3 is 1.79 bits per heavy atom. The summed E-state index contributed by atoms with van der Waals surface area (Å²) in [6.45, 7) is 23.7. The van der Waals surface area contributed by atoms with Gasteiger partial charge < -0.3 is 4.74 Å². The predicted octanol–water partition coefficient (Wildman–Crippen LogP) is 6.79. The van der Waals surface area contributed by atoms with Crippen LogP contribution < -0.4 is 0 Å². The molecule has 24 heavy (non-hydrogen) atoms. The van der Waals surface area contributed by atoms with Crippen LogP contribution in [0.3, 0.4) is 0 Å². The highest BCUT2D eigenvalue weighted by Gasteiger charge is 2.23. The van der Waals surface area contributed by atoms with Crippen LogP contribution in [0, 0.1) is 22.7 Å². The third kappa shape index (κ3) is 12.6. The number of esters is 1. The summed E-state index contributed by atoms with van der Waals surface area (Å²) in [5, 5.41) is 0. The van der Waals surface area contributed by atoms with E-state index in [4.69, 9.17) is 4.74 Å². The fraction of sp³-hybridized carbons (Fsp3) is 0.864. The molecule has 2 nitrogen and oxygen atoms in total. The number of carbonyl (C=O) groups excluding carboxylic acids is 1. The number of ether oxygens (including phenoxy) is 1. The maximum absolute atomic E-state index is 12.0. The summed E-state index contributed by atoms with van der Waals surface area (Å²) >= 11 is 0. The molecule has 3 unspecified atom stereocenters. The van der Waals surface area contributed by atoms with Crippen molar-refractivity contribution in [2.45, 2.75) is 101 Å². The van der Waals surface area contributed by atoms with E-state index in [-0.39, 0.29) is 12.1 Å². The topological polar surface area (TPSA) is 26.3 Å². The molecular formula is C22H42O2. The fourth-order valence-electron chi connectivity index (χ4n) is 3.67. The molecule has 0 rings (SSSR count). The average Bonchev–Trinajstić information content (AvgIpc) is 2.31. The van der Waals surface area contributed by atoms with Gasteiger partial charge in [-0.25, -0.2) is 4.79 Å². The van der Waals surface area contributed by atoms with Crippen molar-refractivity contribution in [3.05, 3.63) is 12.2 Å². The summed E-state index contributed by atoms with van der Waals surface area (Å²) in [5.74, 6) is 0.950. The first-order valence-electron chi connectivity index (χ1n) is 9.56. The molecule has 3 atom stereocenters. The molecule has 0 amide bonds. The summed E-state index contributed by atoms with van der Waals surface area (Å²) in [7, 11) is 0. The molecule has 0 aliphatic heterocycles. The Hall–Kier alpha value is -0.790. The predicted molar refractivity (Wildman–Crippen MR) is 105 cm³/mol. The summed E-state index contributed by atoms with van der Waals surface area (Å²) < 4.78 is 5.74. The van der Waals surface area contributed by atoms with Crippen LogP contribution in [-0.2, 0) is 9.53 Å². The Morgan fingerprint density at radius 2 is 1.38 bits per heavy atom. The summed E-state index contributed by atoms with van der Waals surface area (Å²) in [6, 6.07) is 0. The lowest BCUT2D eigenvalue weighted by Crippen LogP contribution is -2.24. The summed E-state index contributed by atoms with van der Waals surface area (Å²) in [4.78, 5) is 12.0. The van der Waals surface area contributed by atoms with Crippen LogP contribution in [0.15, 0.2) is 12.2 Å².